The number of aliphatic hydroxyl groups is 1. The molecule has 0 rings (SSSR count). The highest BCUT2D eigenvalue weighted by atomic mass is 32.2. The molecule has 0 aliphatic carbocycles. The molecular weight excluding hydrogens is 486 g/mol. The van der Waals surface area contributed by atoms with Crippen molar-refractivity contribution in [3.8, 4) is 0 Å². The van der Waals surface area contributed by atoms with Crippen molar-refractivity contribution in [3.63, 3.8) is 0 Å². The van der Waals surface area contributed by atoms with E-state index in [9.17, 15) is 22.9 Å². The van der Waals surface area contributed by atoms with Crippen molar-refractivity contribution in [3.05, 3.63) is 24.3 Å². The second-order valence-corrected chi connectivity index (χ2v) is 11.9. The van der Waals surface area contributed by atoms with E-state index in [0.717, 1.165) is 57.8 Å². The average molecular weight is 544 g/mol. The van der Waals surface area contributed by atoms with Gasteiger partial charge in [0.2, 0.25) is 5.91 Å². The molecule has 0 aromatic rings. The summed E-state index contributed by atoms with van der Waals surface area (Å²) in [6.45, 7) is 4.42. The van der Waals surface area contributed by atoms with Gasteiger partial charge in [-0.15, -0.1) is 0 Å². The smallest absolute Gasteiger partial charge is 0.267 e. The number of amides is 1. The van der Waals surface area contributed by atoms with E-state index in [1.165, 1.54) is 70.3 Å². The van der Waals surface area contributed by atoms with E-state index in [2.05, 4.69) is 31.3 Å². The van der Waals surface area contributed by atoms with Gasteiger partial charge in [-0.1, -0.05) is 115 Å². The number of carbonyl (C=O) groups excluding carboxylic acids is 1. The van der Waals surface area contributed by atoms with Crippen LogP contribution in [0.5, 0.6) is 0 Å². The summed E-state index contributed by atoms with van der Waals surface area (Å²) in [6.07, 6.45) is 28.8. The van der Waals surface area contributed by atoms with Gasteiger partial charge < -0.3 is 10.4 Å². The molecule has 2 unspecified atom stereocenters. The van der Waals surface area contributed by atoms with Gasteiger partial charge in [0.1, 0.15) is 0 Å². The molecule has 2 atom stereocenters. The van der Waals surface area contributed by atoms with Crippen molar-refractivity contribution in [2.75, 3.05) is 5.75 Å². The average Bonchev–Trinajstić information content (AvgIpc) is 2.84. The molecule has 0 heterocycles. The van der Waals surface area contributed by atoms with Gasteiger partial charge in [-0.05, 0) is 44.9 Å². The Balaban J connectivity index is 4.08. The predicted octanol–water partition coefficient (Wildman–Crippen LogP) is 7.67. The summed E-state index contributed by atoms with van der Waals surface area (Å²) in [4.78, 5) is 12.3. The number of aliphatic hydroxyl groups excluding tert-OH is 1. The van der Waals surface area contributed by atoms with Crippen LogP contribution in [0.2, 0.25) is 0 Å². The highest BCUT2D eigenvalue weighted by Gasteiger charge is 2.24. The molecule has 6 nitrogen and oxygen atoms in total. The topological polar surface area (TPSA) is 104 Å². The molecule has 3 N–H and O–H groups in total. The van der Waals surface area contributed by atoms with Gasteiger partial charge in [-0.25, -0.2) is 0 Å². The standard InChI is InChI=1S/C30H57NO5S/c1-3-5-7-9-11-13-14-15-16-17-18-20-22-24-26-30(33)31-28(27-37(34,35)36)29(32)25-23-21-19-12-10-8-6-4-2/h14-15,23,25,28-29,32H,3-13,16-22,24,26-27H2,1-2H3,(H,31,33)(H,34,35,36)/b15-14-,25-23+. The number of hydrogen-bond donors (Lipinski definition) is 3. The van der Waals surface area contributed by atoms with Crippen molar-refractivity contribution >= 4 is 16.0 Å². The number of unbranched alkanes of at least 4 members (excludes halogenated alkanes) is 16. The normalized spacial score (nSPS) is 13.9. The van der Waals surface area contributed by atoms with Gasteiger partial charge in [-0.3, -0.25) is 9.35 Å². The van der Waals surface area contributed by atoms with E-state index in [-0.39, 0.29) is 12.3 Å². The second kappa shape index (κ2) is 25.1. The van der Waals surface area contributed by atoms with Gasteiger partial charge in [0, 0.05) is 6.42 Å². The fourth-order valence-corrected chi connectivity index (χ4v) is 5.06. The Morgan fingerprint density at radius 1 is 0.703 bits per heavy atom. The third kappa shape index (κ3) is 26.2. The van der Waals surface area contributed by atoms with E-state index >= 15 is 0 Å². The molecule has 1 amide bonds. The molecule has 0 fully saturated rings. The molecule has 0 saturated carbocycles. The van der Waals surface area contributed by atoms with E-state index in [1.807, 2.05) is 6.08 Å². The minimum atomic E-state index is -4.33. The van der Waals surface area contributed by atoms with E-state index in [1.54, 1.807) is 0 Å². The summed E-state index contributed by atoms with van der Waals surface area (Å²) < 4.78 is 32.0. The molecule has 0 aliphatic rings. The minimum Gasteiger partial charge on any atom is -0.387 e. The lowest BCUT2D eigenvalue weighted by Gasteiger charge is -2.21. The van der Waals surface area contributed by atoms with Crippen LogP contribution in [-0.2, 0) is 14.9 Å². The highest BCUT2D eigenvalue weighted by molar-refractivity contribution is 7.85. The summed E-state index contributed by atoms with van der Waals surface area (Å²) in [5, 5.41) is 13.0. The van der Waals surface area contributed by atoms with Crippen molar-refractivity contribution < 1.29 is 22.9 Å². The Bertz CT molecular complexity index is 690. The Labute approximate surface area is 228 Å². The summed E-state index contributed by atoms with van der Waals surface area (Å²) in [6, 6.07) is -1.05. The molecule has 0 aromatic carbocycles. The molecule has 0 aromatic heterocycles. The van der Waals surface area contributed by atoms with Crippen molar-refractivity contribution in [2.24, 2.45) is 0 Å². The van der Waals surface area contributed by atoms with Crippen LogP contribution in [0.15, 0.2) is 24.3 Å². The summed E-state index contributed by atoms with van der Waals surface area (Å²) in [5.74, 6) is -0.994. The third-order valence-electron chi connectivity index (χ3n) is 6.62. The maximum absolute atomic E-state index is 12.3. The van der Waals surface area contributed by atoms with Crippen LogP contribution in [0.1, 0.15) is 142 Å². The first-order valence-corrected chi connectivity index (χ1v) is 16.6. The third-order valence-corrected chi connectivity index (χ3v) is 7.40. The molecule has 37 heavy (non-hydrogen) atoms. The number of carbonyl (C=O) groups is 1. The SMILES string of the molecule is CCCCCCC/C=C\CCCCCCCC(=O)NC(CS(=O)(=O)O)C(O)/C=C/CCCCCCCC. The van der Waals surface area contributed by atoms with Gasteiger partial charge >= 0.3 is 0 Å². The van der Waals surface area contributed by atoms with Gasteiger partial charge in [0.05, 0.1) is 17.9 Å². The first-order chi connectivity index (χ1) is 17.8. The zero-order valence-electron chi connectivity index (χ0n) is 23.8. The Morgan fingerprint density at radius 2 is 1.14 bits per heavy atom. The molecule has 0 bridgehead atoms. The minimum absolute atomic E-state index is 0.286. The lowest BCUT2D eigenvalue weighted by molar-refractivity contribution is -0.122. The maximum atomic E-state index is 12.3. The van der Waals surface area contributed by atoms with Crippen LogP contribution in [-0.4, -0.2) is 41.9 Å². The van der Waals surface area contributed by atoms with Crippen molar-refractivity contribution in [2.45, 2.75) is 154 Å². The van der Waals surface area contributed by atoms with Crippen LogP contribution in [0.25, 0.3) is 0 Å². The Kier molecular flexibility index (Phi) is 24.3. The van der Waals surface area contributed by atoms with Crippen LogP contribution < -0.4 is 5.32 Å². The fraction of sp³-hybridized carbons (Fsp3) is 0.833. The lowest BCUT2D eigenvalue weighted by Crippen LogP contribution is -2.46. The second-order valence-electron chi connectivity index (χ2n) is 10.4. The first-order valence-electron chi connectivity index (χ1n) is 15.0. The summed E-state index contributed by atoms with van der Waals surface area (Å²) in [5.41, 5.74) is 0. The first kappa shape index (κ1) is 35.8. The number of allylic oxidation sites excluding steroid dienone is 3. The predicted molar refractivity (Wildman–Crippen MR) is 156 cm³/mol. The molecule has 218 valence electrons. The van der Waals surface area contributed by atoms with E-state index < -0.39 is 28.0 Å². The summed E-state index contributed by atoms with van der Waals surface area (Å²) in [7, 11) is -4.33. The Hall–Kier alpha value is -1.18. The zero-order chi connectivity index (χ0) is 27.6. The molecule has 0 radical (unpaired) electrons. The summed E-state index contributed by atoms with van der Waals surface area (Å²) >= 11 is 0. The van der Waals surface area contributed by atoms with E-state index in [0.29, 0.717) is 0 Å². The molecule has 0 spiro atoms. The molecule has 7 heteroatoms. The van der Waals surface area contributed by atoms with E-state index in [4.69, 9.17) is 0 Å². The molecule has 0 aliphatic heterocycles. The van der Waals surface area contributed by atoms with Crippen LogP contribution >= 0.6 is 0 Å². The quantitative estimate of drug-likeness (QED) is 0.0590. The maximum Gasteiger partial charge on any atom is 0.267 e. The number of nitrogens with one attached hydrogen (secondary N) is 1. The van der Waals surface area contributed by atoms with Crippen LogP contribution in [0.4, 0.5) is 0 Å². The van der Waals surface area contributed by atoms with Gasteiger partial charge in [0.15, 0.2) is 0 Å². The number of hydrogen-bond acceptors (Lipinski definition) is 4. The van der Waals surface area contributed by atoms with Crippen LogP contribution in [0, 0.1) is 0 Å². The van der Waals surface area contributed by atoms with Crippen molar-refractivity contribution in [1.82, 2.24) is 5.32 Å². The molecular formula is C30H57NO5S. The highest BCUT2D eigenvalue weighted by Crippen LogP contribution is 2.11. The largest absolute Gasteiger partial charge is 0.387 e. The lowest BCUT2D eigenvalue weighted by atomic mass is 10.1. The van der Waals surface area contributed by atoms with Gasteiger partial charge in [0.25, 0.3) is 10.1 Å². The Morgan fingerprint density at radius 3 is 1.62 bits per heavy atom. The zero-order valence-corrected chi connectivity index (χ0v) is 24.7. The van der Waals surface area contributed by atoms with Crippen molar-refractivity contribution in [1.29, 1.82) is 0 Å². The molecule has 0 saturated heterocycles. The monoisotopic (exact) mass is 543 g/mol. The fourth-order valence-electron chi connectivity index (χ4n) is 4.32. The number of rotatable bonds is 26. The van der Waals surface area contributed by atoms with Crippen LogP contribution in [0.3, 0.4) is 0 Å². The van der Waals surface area contributed by atoms with Gasteiger partial charge in [-0.2, -0.15) is 8.42 Å².